The lowest BCUT2D eigenvalue weighted by Crippen LogP contribution is -2.46. The third-order valence-corrected chi connectivity index (χ3v) is 4.81. The Kier molecular flexibility index (Phi) is 6.80. The molecule has 1 aromatic rings. The zero-order valence-electron chi connectivity index (χ0n) is 13.5. The first-order valence-electron chi connectivity index (χ1n) is 8.17. The summed E-state index contributed by atoms with van der Waals surface area (Å²) in [4.78, 5) is 5.09. The zero-order chi connectivity index (χ0) is 14.5. The van der Waals surface area contributed by atoms with Crippen LogP contribution in [-0.4, -0.2) is 57.8 Å². The van der Waals surface area contributed by atoms with Crippen molar-refractivity contribution in [2.24, 2.45) is 5.92 Å². The fraction of sp³-hybridized carbons (Fsp3) is 0.647. The molecule has 0 amide bonds. The molecule has 5 heteroatoms. The van der Waals surface area contributed by atoms with Gasteiger partial charge in [-0.25, -0.2) is 0 Å². The van der Waals surface area contributed by atoms with Crippen molar-refractivity contribution in [1.29, 1.82) is 0 Å². The summed E-state index contributed by atoms with van der Waals surface area (Å²) in [7, 11) is 1.73. The molecule has 1 atom stereocenters. The third kappa shape index (κ3) is 4.51. The van der Waals surface area contributed by atoms with Crippen LogP contribution in [0.1, 0.15) is 12.8 Å². The van der Waals surface area contributed by atoms with Gasteiger partial charge in [0.15, 0.2) is 0 Å². The first kappa shape index (κ1) is 17.4. The van der Waals surface area contributed by atoms with Crippen molar-refractivity contribution in [2.45, 2.75) is 12.8 Å². The normalized spacial score (nSPS) is 22.4. The van der Waals surface area contributed by atoms with Crippen molar-refractivity contribution in [3.05, 3.63) is 24.3 Å². The highest BCUT2D eigenvalue weighted by molar-refractivity contribution is 5.85. The molecule has 1 N–H and O–H groups in total. The summed E-state index contributed by atoms with van der Waals surface area (Å²) < 4.78 is 5.32. The van der Waals surface area contributed by atoms with Crippen molar-refractivity contribution in [2.75, 3.05) is 57.8 Å². The Morgan fingerprint density at radius 1 is 1.23 bits per heavy atom. The number of hydrogen-bond acceptors (Lipinski definition) is 4. The Bertz CT molecular complexity index is 443. The number of rotatable bonds is 5. The number of nitrogens with zero attached hydrogens (tertiary/aromatic N) is 2. The highest BCUT2D eigenvalue weighted by atomic mass is 35.5. The molecule has 3 rings (SSSR count). The van der Waals surface area contributed by atoms with Crippen molar-refractivity contribution in [1.82, 2.24) is 10.2 Å². The largest absolute Gasteiger partial charge is 0.497 e. The van der Waals surface area contributed by atoms with Crippen LogP contribution >= 0.6 is 12.4 Å². The molecule has 22 heavy (non-hydrogen) atoms. The van der Waals surface area contributed by atoms with Crippen molar-refractivity contribution < 1.29 is 4.74 Å². The maximum Gasteiger partial charge on any atom is 0.120 e. The van der Waals surface area contributed by atoms with Gasteiger partial charge < -0.3 is 15.0 Å². The summed E-state index contributed by atoms with van der Waals surface area (Å²) in [6.45, 7) is 8.30. The highest BCUT2D eigenvalue weighted by Gasteiger charge is 2.20. The molecule has 2 heterocycles. The molecule has 124 valence electrons. The highest BCUT2D eigenvalue weighted by Crippen LogP contribution is 2.22. The zero-order valence-corrected chi connectivity index (χ0v) is 14.3. The van der Waals surface area contributed by atoms with Gasteiger partial charge in [-0.15, -0.1) is 12.4 Å². The maximum atomic E-state index is 5.32. The minimum Gasteiger partial charge on any atom is -0.497 e. The molecule has 0 spiro atoms. The summed E-state index contributed by atoms with van der Waals surface area (Å²) >= 11 is 0. The molecule has 0 radical (unpaired) electrons. The van der Waals surface area contributed by atoms with E-state index in [1.165, 1.54) is 51.3 Å². The number of benzene rings is 1. The number of ether oxygens (including phenoxy) is 1. The van der Waals surface area contributed by atoms with Crippen LogP contribution in [0.3, 0.4) is 0 Å². The fourth-order valence-electron chi connectivity index (χ4n) is 3.36. The van der Waals surface area contributed by atoms with Crippen molar-refractivity contribution in [3.8, 4) is 5.75 Å². The van der Waals surface area contributed by atoms with E-state index in [1.54, 1.807) is 7.11 Å². The van der Waals surface area contributed by atoms with E-state index in [-0.39, 0.29) is 12.4 Å². The van der Waals surface area contributed by atoms with E-state index in [4.69, 9.17) is 4.74 Å². The quantitative estimate of drug-likeness (QED) is 0.898. The molecule has 4 nitrogen and oxygen atoms in total. The fourth-order valence-corrected chi connectivity index (χ4v) is 3.36. The van der Waals surface area contributed by atoms with Gasteiger partial charge in [-0.1, -0.05) is 6.07 Å². The van der Waals surface area contributed by atoms with Crippen LogP contribution in [-0.2, 0) is 0 Å². The lowest BCUT2D eigenvalue weighted by molar-refractivity contribution is 0.241. The number of halogens is 1. The van der Waals surface area contributed by atoms with Gasteiger partial charge in [-0.2, -0.15) is 0 Å². The molecule has 2 aliphatic heterocycles. The summed E-state index contributed by atoms with van der Waals surface area (Å²) in [5, 5.41) is 3.46. The molecule has 2 aliphatic rings. The second-order valence-electron chi connectivity index (χ2n) is 6.18. The maximum absolute atomic E-state index is 5.32. The van der Waals surface area contributed by atoms with Gasteiger partial charge in [0.1, 0.15) is 5.75 Å². The van der Waals surface area contributed by atoms with E-state index in [0.717, 1.165) is 24.8 Å². The van der Waals surface area contributed by atoms with Gasteiger partial charge in [0.25, 0.3) is 0 Å². The molecule has 0 saturated carbocycles. The van der Waals surface area contributed by atoms with Crippen LogP contribution in [0, 0.1) is 5.92 Å². The predicted molar refractivity (Wildman–Crippen MR) is 94.5 cm³/mol. The molecule has 0 aliphatic carbocycles. The molecule has 1 aromatic carbocycles. The Morgan fingerprint density at radius 3 is 2.73 bits per heavy atom. The van der Waals surface area contributed by atoms with E-state index in [2.05, 4.69) is 33.3 Å². The Hall–Kier alpha value is -0.970. The predicted octanol–water partition coefficient (Wildman–Crippen LogP) is 2.24. The topological polar surface area (TPSA) is 27.7 Å². The van der Waals surface area contributed by atoms with Crippen molar-refractivity contribution in [3.63, 3.8) is 0 Å². The third-order valence-electron chi connectivity index (χ3n) is 4.81. The second-order valence-corrected chi connectivity index (χ2v) is 6.18. The summed E-state index contributed by atoms with van der Waals surface area (Å²) in [5.74, 6) is 1.85. The minimum absolute atomic E-state index is 0. The monoisotopic (exact) mass is 325 g/mol. The Balaban J connectivity index is 0.00000176. The average molecular weight is 326 g/mol. The summed E-state index contributed by atoms with van der Waals surface area (Å²) in [6.07, 6.45) is 2.72. The molecular weight excluding hydrogens is 298 g/mol. The molecule has 0 aromatic heterocycles. The molecule has 1 unspecified atom stereocenters. The van der Waals surface area contributed by atoms with Crippen LogP contribution in [0.5, 0.6) is 5.75 Å². The Morgan fingerprint density at radius 2 is 2.05 bits per heavy atom. The van der Waals surface area contributed by atoms with Crippen LogP contribution in [0.2, 0.25) is 0 Å². The number of piperazine rings is 1. The lowest BCUT2D eigenvalue weighted by Gasteiger charge is -2.36. The minimum atomic E-state index is 0. The van der Waals surface area contributed by atoms with E-state index in [0.29, 0.717) is 0 Å². The number of methoxy groups -OCH3 is 1. The van der Waals surface area contributed by atoms with Gasteiger partial charge in [0.05, 0.1) is 7.11 Å². The van der Waals surface area contributed by atoms with Crippen LogP contribution in [0.25, 0.3) is 0 Å². The van der Waals surface area contributed by atoms with Gasteiger partial charge in [0.2, 0.25) is 0 Å². The molecule has 2 fully saturated rings. The number of nitrogens with one attached hydrogen (secondary N) is 1. The van der Waals surface area contributed by atoms with Gasteiger partial charge in [0, 0.05) is 37.9 Å². The smallest absolute Gasteiger partial charge is 0.120 e. The van der Waals surface area contributed by atoms with Crippen LogP contribution in [0.4, 0.5) is 5.69 Å². The van der Waals surface area contributed by atoms with Gasteiger partial charge in [-0.05, 0) is 50.5 Å². The standard InChI is InChI=1S/C17H27N3O.ClH/c1-21-17-4-2-3-16(13-17)20-11-9-19(10-12-20)8-6-15-5-7-18-14-15;/h2-4,13,15,18H,5-12,14H2,1H3;1H. The number of anilines is 1. The van der Waals surface area contributed by atoms with Crippen molar-refractivity contribution >= 4 is 18.1 Å². The van der Waals surface area contributed by atoms with Gasteiger partial charge in [-0.3, -0.25) is 4.90 Å². The summed E-state index contributed by atoms with van der Waals surface area (Å²) in [6, 6.07) is 8.41. The molecule has 0 bridgehead atoms. The van der Waals surface area contributed by atoms with Gasteiger partial charge >= 0.3 is 0 Å². The van der Waals surface area contributed by atoms with E-state index in [1.807, 2.05) is 6.07 Å². The summed E-state index contributed by atoms with van der Waals surface area (Å²) in [5.41, 5.74) is 1.29. The van der Waals surface area contributed by atoms with Crippen LogP contribution < -0.4 is 15.0 Å². The van der Waals surface area contributed by atoms with E-state index < -0.39 is 0 Å². The van der Waals surface area contributed by atoms with E-state index in [9.17, 15) is 0 Å². The second kappa shape index (κ2) is 8.61. The average Bonchev–Trinajstić information content (AvgIpc) is 3.07. The molecular formula is C17H28ClN3O. The van der Waals surface area contributed by atoms with E-state index >= 15 is 0 Å². The first-order valence-corrected chi connectivity index (χ1v) is 8.17. The van der Waals surface area contributed by atoms with Crippen LogP contribution in [0.15, 0.2) is 24.3 Å². The molecule has 2 saturated heterocycles. The lowest BCUT2D eigenvalue weighted by atomic mass is 10.0. The Labute approximate surface area is 140 Å². The number of hydrogen-bond donors (Lipinski definition) is 1. The SMILES string of the molecule is COc1cccc(N2CCN(CCC3CCNC3)CC2)c1.Cl. The first-order chi connectivity index (χ1) is 10.3.